The minimum atomic E-state index is -0.349. The number of carbonyl (C=O) groups excluding carboxylic acids is 1. The number of anilines is 2. The number of esters is 1. The normalized spacial score (nSPS) is 12.3. The lowest BCUT2D eigenvalue weighted by molar-refractivity contribution is 0.0601. The number of hydrogen-bond donors (Lipinski definition) is 2. The molecule has 19 heavy (non-hydrogen) atoms. The molecule has 0 spiro atoms. The van der Waals surface area contributed by atoms with Crippen molar-refractivity contribution in [3.63, 3.8) is 0 Å². The molecule has 4 heteroatoms. The number of carbonyl (C=O) groups is 1. The van der Waals surface area contributed by atoms with E-state index in [1.807, 2.05) is 0 Å². The number of ether oxygens (including phenoxy) is 1. The fraction of sp³-hybridized carbons (Fsp3) is 0.533. The Morgan fingerprint density at radius 3 is 2.58 bits per heavy atom. The Balaban J connectivity index is 2.73. The summed E-state index contributed by atoms with van der Waals surface area (Å²) in [5.74, 6) is 0.334. The van der Waals surface area contributed by atoms with Gasteiger partial charge in [-0.3, -0.25) is 0 Å². The van der Waals surface area contributed by atoms with E-state index in [0.29, 0.717) is 23.2 Å². The zero-order valence-corrected chi connectivity index (χ0v) is 12.2. The van der Waals surface area contributed by atoms with Gasteiger partial charge in [0.15, 0.2) is 0 Å². The summed E-state index contributed by atoms with van der Waals surface area (Å²) in [7, 11) is 1.37. The number of nitrogen functional groups attached to an aromatic ring is 1. The van der Waals surface area contributed by atoms with Crippen molar-refractivity contribution < 1.29 is 9.53 Å². The number of methoxy groups -OCH3 is 1. The first-order valence-electron chi connectivity index (χ1n) is 6.68. The van der Waals surface area contributed by atoms with Crippen LogP contribution in [0.3, 0.4) is 0 Å². The van der Waals surface area contributed by atoms with E-state index >= 15 is 0 Å². The summed E-state index contributed by atoms with van der Waals surface area (Å²) in [5.41, 5.74) is 7.86. The highest BCUT2D eigenvalue weighted by atomic mass is 16.5. The Bertz CT molecular complexity index is 430. The summed E-state index contributed by atoms with van der Waals surface area (Å²) in [6.45, 7) is 6.53. The first kappa shape index (κ1) is 15.3. The second kappa shape index (κ2) is 7.02. The molecule has 0 radical (unpaired) electrons. The Hall–Kier alpha value is -1.71. The monoisotopic (exact) mass is 264 g/mol. The average molecular weight is 264 g/mol. The number of nitrogens with two attached hydrogens (primary N) is 1. The largest absolute Gasteiger partial charge is 0.465 e. The standard InChI is InChI=1S/C15H24N2O2/c1-10(2)5-6-11(3)17-14-9-12(15(18)19-4)7-8-13(14)16/h7-11,17H,5-6,16H2,1-4H3. The predicted octanol–water partition coefficient (Wildman–Crippen LogP) is 3.29. The second-order valence-electron chi connectivity index (χ2n) is 5.31. The summed E-state index contributed by atoms with van der Waals surface area (Å²) in [5, 5.41) is 3.35. The van der Waals surface area contributed by atoms with Crippen LogP contribution in [-0.2, 0) is 4.74 Å². The molecule has 0 heterocycles. The fourth-order valence-electron chi connectivity index (χ4n) is 1.85. The Labute approximate surface area is 115 Å². The van der Waals surface area contributed by atoms with Crippen LogP contribution in [0.4, 0.5) is 11.4 Å². The van der Waals surface area contributed by atoms with Crippen LogP contribution >= 0.6 is 0 Å². The van der Waals surface area contributed by atoms with E-state index in [9.17, 15) is 4.79 Å². The third-order valence-electron chi connectivity index (χ3n) is 3.05. The van der Waals surface area contributed by atoms with Crippen LogP contribution in [-0.4, -0.2) is 19.1 Å². The third kappa shape index (κ3) is 4.81. The molecule has 0 saturated carbocycles. The Morgan fingerprint density at radius 1 is 1.32 bits per heavy atom. The van der Waals surface area contributed by atoms with Gasteiger partial charge in [0, 0.05) is 6.04 Å². The van der Waals surface area contributed by atoms with Crippen LogP contribution < -0.4 is 11.1 Å². The van der Waals surface area contributed by atoms with Crippen LogP contribution in [0.2, 0.25) is 0 Å². The zero-order chi connectivity index (χ0) is 14.4. The van der Waals surface area contributed by atoms with Crippen molar-refractivity contribution in [2.24, 2.45) is 5.92 Å². The molecule has 0 aliphatic heterocycles. The smallest absolute Gasteiger partial charge is 0.337 e. The molecule has 1 atom stereocenters. The second-order valence-corrected chi connectivity index (χ2v) is 5.31. The summed E-state index contributed by atoms with van der Waals surface area (Å²) < 4.78 is 4.71. The minimum Gasteiger partial charge on any atom is -0.465 e. The van der Waals surface area contributed by atoms with Gasteiger partial charge in [0.25, 0.3) is 0 Å². The van der Waals surface area contributed by atoms with Gasteiger partial charge in [-0.1, -0.05) is 13.8 Å². The molecule has 0 aliphatic rings. The molecule has 1 rings (SSSR count). The first-order valence-corrected chi connectivity index (χ1v) is 6.68. The highest BCUT2D eigenvalue weighted by molar-refractivity contribution is 5.91. The van der Waals surface area contributed by atoms with Gasteiger partial charge in [0.05, 0.1) is 24.0 Å². The topological polar surface area (TPSA) is 64.3 Å². The van der Waals surface area contributed by atoms with Gasteiger partial charge in [-0.05, 0) is 43.9 Å². The SMILES string of the molecule is COC(=O)c1ccc(N)c(NC(C)CCC(C)C)c1. The van der Waals surface area contributed by atoms with Crippen molar-refractivity contribution in [1.82, 2.24) is 0 Å². The lowest BCUT2D eigenvalue weighted by Gasteiger charge is -2.18. The van der Waals surface area contributed by atoms with Crippen molar-refractivity contribution >= 4 is 17.3 Å². The molecule has 0 aliphatic carbocycles. The lowest BCUT2D eigenvalue weighted by atomic mass is 10.0. The zero-order valence-electron chi connectivity index (χ0n) is 12.2. The summed E-state index contributed by atoms with van der Waals surface area (Å²) in [4.78, 5) is 11.5. The van der Waals surface area contributed by atoms with Crippen molar-refractivity contribution in [2.75, 3.05) is 18.2 Å². The van der Waals surface area contributed by atoms with E-state index in [0.717, 1.165) is 18.5 Å². The van der Waals surface area contributed by atoms with Crippen LogP contribution in [0.5, 0.6) is 0 Å². The molecule has 1 aromatic carbocycles. The van der Waals surface area contributed by atoms with Crippen molar-refractivity contribution in [3.8, 4) is 0 Å². The lowest BCUT2D eigenvalue weighted by Crippen LogP contribution is -2.17. The predicted molar refractivity (Wildman–Crippen MR) is 79.4 cm³/mol. The molecule has 0 aromatic heterocycles. The molecule has 0 saturated heterocycles. The first-order chi connectivity index (χ1) is 8.93. The maximum Gasteiger partial charge on any atom is 0.337 e. The van der Waals surface area contributed by atoms with Gasteiger partial charge in [-0.25, -0.2) is 4.79 Å². The number of nitrogens with one attached hydrogen (secondary N) is 1. The van der Waals surface area contributed by atoms with Crippen LogP contribution in [0.15, 0.2) is 18.2 Å². The third-order valence-corrected chi connectivity index (χ3v) is 3.05. The summed E-state index contributed by atoms with van der Waals surface area (Å²) in [6, 6.07) is 5.46. The summed E-state index contributed by atoms with van der Waals surface area (Å²) >= 11 is 0. The van der Waals surface area contributed by atoms with Gasteiger partial charge in [0.2, 0.25) is 0 Å². The molecule has 1 aromatic rings. The van der Waals surface area contributed by atoms with E-state index in [1.165, 1.54) is 7.11 Å². The van der Waals surface area contributed by atoms with Crippen LogP contribution in [0.1, 0.15) is 44.0 Å². The van der Waals surface area contributed by atoms with E-state index in [-0.39, 0.29) is 5.97 Å². The fourth-order valence-corrected chi connectivity index (χ4v) is 1.85. The Morgan fingerprint density at radius 2 is 2.00 bits per heavy atom. The van der Waals surface area contributed by atoms with Gasteiger partial charge in [-0.15, -0.1) is 0 Å². The quantitative estimate of drug-likeness (QED) is 0.611. The molecular formula is C15H24N2O2. The highest BCUT2D eigenvalue weighted by Gasteiger charge is 2.10. The molecule has 106 valence electrons. The molecular weight excluding hydrogens is 240 g/mol. The average Bonchev–Trinajstić information content (AvgIpc) is 2.38. The highest BCUT2D eigenvalue weighted by Crippen LogP contribution is 2.22. The van der Waals surface area contributed by atoms with E-state index in [2.05, 4.69) is 26.1 Å². The van der Waals surface area contributed by atoms with Crippen molar-refractivity contribution in [3.05, 3.63) is 23.8 Å². The van der Waals surface area contributed by atoms with Crippen LogP contribution in [0, 0.1) is 5.92 Å². The molecule has 0 fully saturated rings. The van der Waals surface area contributed by atoms with Gasteiger partial charge >= 0.3 is 5.97 Å². The summed E-state index contributed by atoms with van der Waals surface area (Å²) in [6.07, 6.45) is 2.23. The van der Waals surface area contributed by atoms with Crippen LogP contribution in [0.25, 0.3) is 0 Å². The Kier molecular flexibility index (Phi) is 5.67. The minimum absolute atomic E-state index is 0.317. The maximum atomic E-state index is 11.5. The number of rotatable bonds is 6. The molecule has 0 bridgehead atoms. The van der Waals surface area contributed by atoms with Gasteiger partial charge in [0.1, 0.15) is 0 Å². The van der Waals surface area contributed by atoms with E-state index in [1.54, 1.807) is 18.2 Å². The van der Waals surface area contributed by atoms with E-state index in [4.69, 9.17) is 10.5 Å². The molecule has 1 unspecified atom stereocenters. The molecule has 4 nitrogen and oxygen atoms in total. The van der Waals surface area contributed by atoms with Gasteiger partial charge in [-0.2, -0.15) is 0 Å². The maximum absolute atomic E-state index is 11.5. The number of benzene rings is 1. The molecule has 3 N–H and O–H groups in total. The van der Waals surface area contributed by atoms with Crippen molar-refractivity contribution in [2.45, 2.75) is 39.7 Å². The number of hydrogen-bond acceptors (Lipinski definition) is 4. The molecule has 0 amide bonds. The van der Waals surface area contributed by atoms with E-state index < -0.39 is 0 Å². The van der Waals surface area contributed by atoms with Crippen molar-refractivity contribution in [1.29, 1.82) is 0 Å². The van der Waals surface area contributed by atoms with Gasteiger partial charge < -0.3 is 15.8 Å².